The van der Waals surface area contributed by atoms with Gasteiger partial charge in [0.05, 0.1) is 18.8 Å². The first kappa shape index (κ1) is 21.8. The Kier molecular flexibility index (Phi) is 5.31. The number of likely N-dealkylation sites (tertiary alicyclic amines) is 1. The summed E-state index contributed by atoms with van der Waals surface area (Å²) in [6, 6.07) is -0.231. The van der Waals surface area contributed by atoms with Gasteiger partial charge in [0.1, 0.15) is 17.4 Å². The number of nitrogens with zero attached hydrogens (tertiary/aromatic N) is 4. The molecule has 2 aliphatic carbocycles. The Balaban J connectivity index is 1.34. The SMILES string of the molecule is O=c1[nH]c([C@H]2CC[C@@H]2CC(O)N2CCC(F)(F)C2)nc2c1cnn2C1CCC(F)(F)CC1. The van der Waals surface area contributed by atoms with Gasteiger partial charge in [-0.05, 0) is 38.0 Å². The van der Waals surface area contributed by atoms with E-state index in [4.69, 9.17) is 0 Å². The van der Waals surface area contributed by atoms with Gasteiger partial charge in [-0.2, -0.15) is 5.10 Å². The lowest BCUT2D eigenvalue weighted by Gasteiger charge is -2.38. The molecule has 1 saturated heterocycles. The van der Waals surface area contributed by atoms with Crippen LogP contribution in [0.5, 0.6) is 0 Å². The first-order chi connectivity index (χ1) is 15.1. The molecule has 1 aliphatic heterocycles. The molecule has 0 bridgehead atoms. The van der Waals surface area contributed by atoms with Crippen LogP contribution in [0.25, 0.3) is 11.0 Å². The van der Waals surface area contributed by atoms with Crippen molar-refractivity contribution in [2.45, 2.75) is 81.4 Å². The highest BCUT2D eigenvalue weighted by Crippen LogP contribution is 2.45. The van der Waals surface area contributed by atoms with Crippen LogP contribution in [0.4, 0.5) is 17.6 Å². The van der Waals surface area contributed by atoms with Crippen molar-refractivity contribution >= 4 is 11.0 Å². The Morgan fingerprint density at radius 3 is 2.50 bits per heavy atom. The van der Waals surface area contributed by atoms with Crippen LogP contribution < -0.4 is 5.56 Å². The zero-order chi connectivity index (χ0) is 22.7. The Morgan fingerprint density at radius 2 is 1.88 bits per heavy atom. The molecule has 0 amide bonds. The van der Waals surface area contributed by atoms with E-state index in [1.165, 1.54) is 11.1 Å². The van der Waals surface area contributed by atoms with E-state index in [2.05, 4.69) is 15.1 Å². The number of nitrogens with one attached hydrogen (secondary N) is 1. The molecule has 32 heavy (non-hydrogen) atoms. The number of alkyl halides is 4. The molecule has 0 spiro atoms. The van der Waals surface area contributed by atoms with Gasteiger partial charge in [0, 0.05) is 31.7 Å². The fourth-order valence-electron chi connectivity index (χ4n) is 5.31. The number of hydrogen-bond donors (Lipinski definition) is 2. The lowest BCUT2D eigenvalue weighted by Crippen LogP contribution is -2.39. The highest BCUT2D eigenvalue weighted by molar-refractivity contribution is 5.73. The molecule has 0 aromatic carbocycles. The molecule has 2 N–H and O–H groups in total. The third-order valence-corrected chi connectivity index (χ3v) is 7.42. The fourth-order valence-corrected chi connectivity index (χ4v) is 5.31. The highest BCUT2D eigenvalue weighted by Gasteiger charge is 2.43. The van der Waals surface area contributed by atoms with Gasteiger partial charge >= 0.3 is 0 Å². The quantitative estimate of drug-likeness (QED) is 0.672. The molecule has 0 radical (unpaired) electrons. The summed E-state index contributed by atoms with van der Waals surface area (Å²) in [4.78, 5) is 21.5. The molecule has 3 fully saturated rings. The van der Waals surface area contributed by atoms with Crippen molar-refractivity contribution in [3.63, 3.8) is 0 Å². The molecule has 3 aliphatic rings. The van der Waals surface area contributed by atoms with Crippen LogP contribution in [0.1, 0.15) is 69.2 Å². The minimum Gasteiger partial charge on any atom is -0.378 e. The molecule has 11 heteroatoms. The van der Waals surface area contributed by atoms with E-state index in [1.54, 1.807) is 4.68 Å². The molecule has 5 rings (SSSR count). The third kappa shape index (κ3) is 4.05. The lowest BCUT2D eigenvalue weighted by molar-refractivity contribution is -0.0450. The number of halogens is 4. The Labute approximate surface area is 181 Å². The summed E-state index contributed by atoms with van der Waals surface area (Å²) in [5.74, 6) is -5.01. The number of fused-ring (bicyclic) bond motifs is 1. The molecule has 1 unspecified atom stereocenters. The molecule has 2 saturated carbocycles. The van der Waals surface area contributed by atoms with Gasteiger partial charge in [-0.25, -0.2) is 27.2 Å². The maximum Gasteiger partial charge on any atom is 0.262 e. The van der Waals surface area contributed by atoms with Crippen molar-refractivity contribution in [3.05, 3.63) is 22.4 Å². The summed E-state index contributed by atoms with van der Waals surface area (Å²) in [5, 5.41) is 15.1. The highest BCUT2D eigenvalue weighted by atomic mass is 19.3. The first-order valence-electron chi connectivity index (χ1n) is 11.3. The monoisotopic (exact) mass is 457 g/mol. The lowest BCUT2D eigenvalue weighted by atomic mass is 9.71. The third-order valence-electron chi connectivity index (χ3n) is 7.42. The largest absolute Gasteiger partial charge is 0.378 e. The molecular formula is C21H27F4N5O2. The van der Waals surface area contributed by atoms with Crippen LogP contribution >= 0.6 is 0 Å². The zero-order valence-electron chi connectivity index (χ0n) is 17.6. The van der Waals surface area contributed by atoms with Crippen LogP contribution in [0.2, 0.25) is 0 Å². The van der Waals surface area contributed by atoms with Crippen molar-refractivity contribution in [3.8, 4) is 0 Å². The van der Waals surface area contributed by atoms with Gasteiger partial charge < -0.3 is 10.1 Å². The molecule has 2 aromatic rings. The molecule has 3 heterocycles. The number of aromatic amines is 1. The molecule has 2 aromatic heterocycles. The smallest absolute Gasteiger partial charge is 0.262 e. The minimum absolute atomic E-state index is 0.0181. The molecule has 176 valence electrons. The normalized spacial score (nSPS) is 29.3. The predicted octanol–water partition coefficient (Wildman–Crippen LogP) is 3.41. The Hall–Kier alpha value is -2.01. The first-order valence-corrected chi connectivity index (χ1v) is 11.3. The standard InChI is InChI=1S/C21H27F4N5O2/c22-20(23)5-3-13(4-6-20)30-18-15(10-26-30)19(32)28-17(27-18)14-2-1-12(14)9-16(31)29-8-7-21(24,25)11-29/h10,12-14,16,31H,1-9,11H2,(H,27,28,32)/t12-,14+,16?/m1/s1. The maximum absolute atomic E-state index is 13.6. The zero-order valence-corrected chi connectivity index (χ0v) is 17.6. The van der Waals surface area contributed by atoms with Crippen molar-refractivity contribution in [1.29, 1.82) is 0 Å². The topological polar surface area (TPSA) is 87.0 Å². The summed E-state index contributed by atoms with van der Waals surface area (Å²) < 4.78 is 55.7. The van der Waals surface area contributed by atoms with Gasteiger partial charge in [0.2, 0.25) is 5.92 Å². The molecular weight excluding hydrogens is 430 g/mol. The Morgan fingerprint density at radius 1 is 1.12 bits per heavy atom. The van der Waals surface area contributed by atoms with E-state index in [0.717, 1.165) is 12.8 Å². The van der Waals surface area contributed by atoms with Crippen LogP contribution in [0.15, 0.2) is 11.0 Å². The molecule has 3 atom stereocenters. The average molecular weight is 457 g/mol. The van der Waals surface area contributed by atoms with Crippen LogP contribution in [-0.2, 0) is 0 Å². The van der Waals surface area contributed by atoms with Crippen LogP contribution in [0, 0.1) is 5.92 Å². The minimum atomic E-state index is -2.76. The number of hydrogen-bond acceptors (Lipinski definition) is 5. The Bertz CT molecular complexity index is 1040. The van der Waals surface area contributed by atoms with Crippen molar-refractivity contribution < 1.29 is 22.7 Å². The second kappa shape index (κ2) is 7.79. The number of H-pyrrole nitrogens is 1. The summed E-state index contributed by atoms with van der Waals surface area (Å²) >= 11 is 0. The van der Waals surface area contributed by atoms with E-state index in [0.29, 0.717) is 23.3 Å². The summed E-state index contributed by atoms with van der Waals surface area (Å²) in [7, 11) is 0. The summed E-state index contributed by atoms with van der Waals surface area (Å²) in [6.45, 7) is -0.279. The second-order valence-electron chi connectivity index (χ2n) is 9.60. The van der Waals surface area contributed by atoms with Gasteiger partial charge in [0.15, 0.2) is 5.65 Å². The number of aliphatic hydroxyl groups is 1. The van der Waals surface area contributed by atoms with E-state index >= 15 is 0 Å². The summed E-state index contributed by atoms with van der Waals surface area (Å²) in [5.41, 5.74) is 0.0622. The van der Waals surface area contributed by atoms with Crippen LogP contribution in [0.3, 0.4) is 0 Å². The van der Waals surface area contributed by atoms with E-state index < -0.39 is 24.6 Å². The number of aliphatic hydroxyl groups excluding tert-OH is 1. The number of rotatable bonds is 5. The van der Waals surface area contributed by atoms with Gasteiger partial charge in [-0.15, -0.1) is 0 Å². The van der Waals surface area contributed by atoms with Gasteiger partial charge in [-0.3, -0.25) is 9.69 Å². The van der Waals surface area contributed by atoms with E-state index in [-0.39, 0.29) is 62.1 Å². The van der Waals surface area contributed by atoms with Gasteiger partial charge in [-0.1, -0.05) is 0 Å². The maximum atomic E-state index is 13.6. The summed E-state index contributed by atoms with van der Waals surface area (Å²) in [6.07, 6.45) is 2.24. The second-order valence-corrected chi connectivity index (χ2v) is 9.60. The predicted molar refractivity (Wildman–Crippen MR) is 108 cm³/mol. The van der Waals surface area contributed by atoms with Crippen molar-refractivity contribution in [1.82, 2.24) is 24.6 Å². The molecule has 7 nitrogen and oxygen atoms in total. The van der Waals surface area contributed by atoms with E-state index in [9.17, 15) is 27.5 Å². The van der Waals surface area contributed by atoms with Gasteiger partial charge in [0.25, 0.3) is 11.5 Å². The van der Waals surface area contributed by atoms with Crippen molar-refractivity contribution in [2.24, 2.45) is 5.92 Å². The van der Waals surface area contributed by atoms with Crippen LogP contribution in [-0.4, -0.2) is 60.9 Å². The number of aromatic nitrogens is 4. The fraction of sp³-hybridized carbons (Fsp3) is 0.762. The van der Waals surface area contributed by atoms with E-state index in [1.807, 2.05) is 0 Å². The average Bonchev–Trinajstić information content (AvgIpc) is 3.29. The van der Waals surface area contributed by atoms with Crippen molar-refractivity contribution in [2.75, 3.05) is 13.1 Å².